The number of halogens is 1. The molecule has 0 aliphatic carbocycles. The molecule has 5 rings (SSSR count). The zero-order chi connectivity index (χ0) is 24.7. The molecule has 0 aliphatic heterocycles. The van der Waals surface area contributed by atoms with Gasteiger partial charge in [0.15, 0.2) is 0 Å². The number of benzene rings is 3. The lowest BCUT2D eigenvalue weighted by Crippen LogP contribution is -2.32. The highest BCUT2D eigenvalue weighted by atomic mass is 35.5. The summed E-state index contributed by atoms with van der Waals surface area (Å²) in [6.45, 7) is 1.86. The highest BCUT2D eigenvalue weighted by Gasteiger charge is 2.28. The number of rotatable bonds is 6. The van der Waals surface area contributed by atoms with Crippen molar-refractivity contribution >= 4 is 55.1 Å². The number of carbonyl (C=O) groups is 1. The number of fused-ring (bicyclic) bond motifs is 2. The van der Waals surface area contributed by atoms with E-state index in [2.05, 4.69) is 9.97 Å². The second kappa shape index (κ2) is 8.72. The fourth-order valence-electron chi connectivity index (χ4n) is 4.12. The number of nitrogens with one attached hydrogen (secondary N) is 1. The summed E-state index contributed by atoms with van der Waals surface area (Å²) in [7, 11) is -4.09. The smallest absolute Gasteiger partial charge is 0.335 e. The van der Waals surface area contributed by atoms with Gasteiger partial charge in [-0.1, -0.05) is 48.0 Å². The molecule has 2 aromatic heterocycles. The fourth-order valence-corrected chi connectivity index (χ4v) is 5.81. The lowest BCUT2D eigenvalue weighted by atomic mass is 10.1. The van der Waals surface area contributed by atoms with Gasteiger partial charge in [-0.3, -0.25) is 0 Å². The zero-order valence-corrected chi connectivity index (χ0v) is 20.1. The Morgan fingerprint density at radius 2 is 1.80 bits per heavy atom. The molecule has 176 valence electrons. The number of aromatic amines is 1. The van der Waals surface area contributed by atoms with Crippen LogP contribution in [0.5, 0.6) is 0 Å². The van der Waals surface area contributed by atoms with E-state index in [1.807, 2.05) is 49.4 Å². The van der Waals surface area contributed by atoms with Crippen LogP contribution in [0.2, 0.25) is 5.02 Å². The lowest BCUT2D eigenvalue weighted by Gasteiger charge is -2.26. The summed E-state index contributed by atoms with van der Waals surface area (Å²) in [5.74, 6) is -0.827. The molecule has 0 fully saturated rings. The summed E-state index contributed by atoms with van der Waals surface area (Å²) in [6.07, 6.45) is 3.34. The number of hydrogen-bond donors (Lipinski definition) is 2. The fraction of sp³-hybridized carbons (Fsp3) is 0.0769. The first kappa shape index (κ1) is 22.9. The Kier molecular flexibility index (Phi) is 5.70. The molecule has 0 saturated heterocycles. The maximum Gasteiger partial charge on any atom is 0.335 e. The maximum absolute atomic E-state index is 13.9. The van der Waals surface area contributed by atoms with Crippen LogP contribution >= 0.6 is 11.6 Å². The van der Waals surface area contributed by atoms with Gasteiger partial charge in [0, 0.05) is 34.2 Å². The van der Waals surface area contributed by atoms with Gasteiger partial charge in [-0.15, -0.1) is 0 Å². The van der Waals surface area contributed by atoms with Crippen LogP contribution in [-0.4, -0.2) is 29.5 Å². The monoisotopic (exact) mass is 505 g/mol. The number of hydrogen-bond acceptors (Lipinski definition) is 4. The van der Waals surface area contributed by atoms with Crippen LogP contribution in [0.1, 0.15) is 21.5 Å². The van der Waals surface area contributed by atoms with Crippen molar-refractivity contribution in [2.75, 3.05) is 4.31 Å². The Morgan fingerprint density at radius 3 is 2.54 bits per heavy atom. The third kappa shape index (κ3) is 4.11. The van der Waals surface area contributed by atoms with E-state index in [1.165, 1.54) is 28.6 Å². The summed E-state index contributed by atoms with van der Waals surface area (Å²) in [5, 5.41) is 12.4. The number of carboxylic acids is 1. The molecule has 7 nitrogen and oxygen atoms in total. The Bertz CT molecular complexity index is 1700. The molecule has 0 radical (unpaired) electrons. The van der Waals surface area contributed by atoms with E-state index >= 15 is 0 Å². The average Bonchev–Trinajstić information content (AvgIpc) is 3.23. The second-order valence-electron chi connectivity index (χ2n) is 8.15. The Balaban J connectivity index is 1.66. The van der Waals surface area contributed by atoms with Gasteiger partial charge in [0.1, 0.15) is 5.82 Å². The number of nitrogens with zero attached hydrogens (tertiary/aromatic N) is 2. The molecule has 9 heteroatoms. The number of H-pyrrole nitrogens is 1. The van der Waals surface area contributed by atoms with Crippen molar-refractivity contribution in [1.82, 2.24) is 9.97 Å². The molecular weight excluding hydrogens is 486 g/mol. The van der Waals surface area contributed by atoms with Crippen LogP contribution < -0.4 is 4.31 Å². The molecule has 5 aromatic rings. The van der Waals surface area contributed by atoms with E-state index in [-0.39, 0.29) is 17.0 Å². The minimum absolute atomic E-state index is 0.00425. The molecule has 2 heterocycles. The summed E-state index contributed by atoms with van der Waals surface area (Å²) in [4.78, 5) is 18.9. The third-order valence-corrected chi connectivity index (χ3v) is 8.04. The SMILES string of the molecule is Cc1c(N(Cc2ccc3c(Cl)c[nH]c3c2)S(=O)(=O)c2ccc(C(=O)O)cc2)ncc2ccccc12. The van der Waals surface area contributed by atoms with Crippen molar-refractivity contribution in [1.29, 1.82) is 0 Å². The standard InChI is InChI=1S/C26H20ClN3O4S/c1-16-21-5-3-2-4-19(21)13-29-25(16)30(15-17-6-11-22-23(27)14-28-24(22)12-17)35(33,34)20-9-7-18(8-10-20)26(31)32/h2-14,28H,15H2,1H3,(H,31,32). The average molecular weight is 506 g/mol. The summed E-state index contributed by atoms with van der Waals surface area (Å²) in [6, 6.07) is 18.3. The molecule has 35 heavy (non-hydrogen) atoms. The van der Waals surface area contributed by atoms with Crippen molar-refractivity contribution in [2.45, 2.75) is 18.4 Å². The lowest BCUT2D eigenvalue weighted by molar-refractivity contribution is 0.0696. The van der Waals surface area contributed by atoms with E-state index in [1.54, 1.807) is 12.4 Å². The Hall–Kier alpha value is -3.88. The third-order valence-electron chi connectivity index (χ3n) is 5.97. The van der Waals surface area contributed by atoms with E-state index < -0.39 is 16.0 Å². The van der Waals surface area contributed by atoms with Crippen molar-refractivity contribution in [3.05, 3.63) is 101 Å². The Morgan fingerprint density at radius 1 is 1.06 bits per heavy atom. The molecule has 0 atom stereocenters. The molecule has 3 aromatic carbocycles. The molecule has 0 bridgehead atoms. The first-order chi connectivity index (χ1) is 16.8. The summed E-state index contributed by atoms with van der Waals surface area (Å²) >= 11 is 6.20. The van der Waals surface area contributed by atoms with Crippen molar-refractivity contribution in [3.8, 4) is 0 Å². The van der Waals surface area contributed by atoms with E-state index in [0.717, 1.165) is 32.8 Å². The number of sulfonamides is 1. The first-order valence-electron chi connectivity index (χ1n) is 10.7. The number of aromatic nitrogens is 2. The van der Waals surface area contributed by atoms with Crippen LogP contribution in [-0.2, 0) is 16.6 Å². The van der Waals surface area contributed by atoms with Gasteiger partial charge in [-0.25, -0.2) is 22.5 Å². The largest absolute Gasteiger partial charge is 0.478 e. The highest BCUT2D eigenvalue weighted by Crippen LogP contribution is 2.32. The summed E-state index contributed by atoms with van der Waals surface area (Å²) < 4.78 is 29.0. The van der Waals surface area contributed by atoms with Gasteiger partial charge in [0.25, 0.3) is 10.0 Å². The van der Waals surface area contributed by atoms with Gasteiger partial charge in [0.05, 0.1) is 22.0 Å². The summed E-state index contributed by atoms with van der Waals surface area (Å²) in [5.41, 5.74) is 2.25. The van der Waals surface area contributed by atoms with Gasteiger partial charge in [-0.2, -0.15) is 0 Å². The molecule has 0 spiro atoms. The molecule has 2 N–H and O–H groups in total. The maximum atomic E-state index is 13.9. The minimum Gasteiger partial charge on any atom is -0.478 e. The number of aromatic carboxylic acids is 1. The minimum atomic E-state index is -4.09. The number of pyridine rings is 1. The van der Waals surface area contributed by atoms with Crippen LogP contribution in [0.3, 0.4) is 0 Å². The van der Waals surface area contributed by atoms with E-state index in [0.29, 0.717) is 10.8 Å². The topological polar surface area (TPSA) is 103 Å². The van der Waals surface area contributed by atoms with Crippen LogP contribution in [0.25, 0.3) is 21.7 Å². The van der Waals surface area contributed by atoms with E-state index in [9.17, 15) is 18.3 Å². The number of carboxylic acid groups (broad SMARTS) is 1. The van der Waals surface area contributed by atoms with Gasteiger partial charge in [-0.05, 0) is 48.2 Å². The molecule has 0 amide bonds. The Labute approximate surface area is 206 Å². The molecular formula is C26H20ClN3O4S. The second-order valence-corrected chi connectivity index (χ2v) is 10.4. The zero-order valence-electron chi connectivity index (χ0n) is 18.6. The van der Waals surface area contributed by atoms with E-state index in [4.69, 9.17) is 11.6 Å². The predicted molar refractivity (Wildman–Crippen MR) is 137 cm³/mol. The number of aryl methyl sites for hydroxylation is 1. The van der Waals surface area contributed by atoms with Crippen molar-refractivity contribution in [2.24, 2.45) is 0 Å². The number of anilines is 1. The van der Waals surface area contributed by atoms with Gasteiger partial charge in [0.2, 0.25) is 0 Å². The van der Waals surface area contributed by atoms with Crippen LogP contribution in [0.4, 0.5) is 5.82 Å². The predicted octanol–water partition coefficient (Wildman–Crippen LogP) is 5.77. The normalized spacial score (nSPS) is 11.7. The van der Waals surface area contributed by atoms with Crippen LogP contribution in [0, 0.1) is 6.92 Å². The van der Waals surface area contributed by atoms with Crippen molar-refractivity contribution < 1.29 is 18.3 Å². The molecule has 0 saturated carbocycles. The molecule has 0 unspecified atom stereocenters. The quantitative estimate of drug-likeness (QED) is 0.305. The first-order valence-corrected chi connectivity index (χ1v) is 12.5. The highest BCUT2D eigenvalue weighted by molar-refractivity contribution is 7.92. The van der Waals surface area contributed by atoms with Gasteiger partial charge >= 0.3 is 5.97 Å². The molecule has 0 aliphatic rings. The van der Waals surface area contributed by atoms with Gasteiger partial charge < -0.3 is 10.1 Å². The van der Waals surface area contributed by atoms with Crippen molar-refractivity contribution in [3.63, 3.8) is 0 Å². The van der Waals surface area contributed by atoms with Crippen LogP contribution in [0.15, 0.2) is 84.0 Å².